The molecule has 2 aliphatic heterocycles. The van der Waals surface area contributed by atoms with Crippen LogP contribution in [0, 0.1) is 11.8 Å². The molecule has 2 heteroatoms. The predicted molar refractivity (Wildman–Crippen MR) is 149 cm³/mol. The zero-order valence-corrected chi connectivity index (χ0v) is 22.8. The molecule has 0 bridgehead atoms. The Labute approximate surface area is 217 Å². The van der Waals surface area contributed by atoms with Crippen LogP contribution in [0.1, 0.15) is 77.3 Å². The minimum atomic E-state index is 0.0591. The second-order valence-corrected chi connectivity index (χ2v) is 12.1. The van der Waals surface area contributed by atoms with Gasteiger partial charge in [-0.25, -0.2) is 0 Å². The lowest BCUT2D eigenvalue weighted by Crippen LogP contribution is -2.34. The van der Waals surface area contributed by atoms with Crippen LogP contribution in [0.25, 0.3) is 0 Å². The van der Waals surface area contributed by atoms with E-state index in [1.54, 1.807) is 5.57 Å². The van der Waals surface area contributed by atoms with Gasteiger partial charge in [0.05, 0.1) is 11.5 Å². The van der Waals surface area contributed by atoms with Crippen molar-refractivity contribution in [1.29, 1.82) is 0 Å². The van der Waals surface area contributed by atoms with Gasteiger partial charge in [-0.1, -0.05) is 82.3 Å². The molecule has 0 amide bonds. The molecule has 1 aromatic rings. The Morgan fingerprint density at radius 1 is 1.06 bits per heavy atom. The number of benzene rings is 1. The van der Waals surface area contributed by atoms with Crippen molar-refractivity contribution in [2.75, 3.05) is 7.05 Å². The molecule has 6 rings (SSSR count). The lowest BCUT2D eigenvalue weighted by molar-refractivity contribution is -0.435. The van der Waals surface area contributed by atoms with E-state index >= 15 is 0 Å². The summed E-state index contributed by atoms with van der Waals surface area (Å²) in [7, 11) is 2.28. The van der Waals surface area contributed by atoms with E-state index in [2.05, 4.69) is 107 Å². The second-order valence-electron chi connectivity index (χ2n) is 12.1. The van der Waals surface area contributed by atoms with E-state index in [9.17, 15) is 0 Å². The summed E-state index contributed by atoms with van der Waals surface area (Å²) in [6.07, 6.45) is 18.7. The van der Waals surface area contributed by atoms with Crippen molar-refractivity contribution < 1.29 is 9.31 Å². The highest BCUT2D eigenvalue weighted by Gasteiger charge is 2.50. The molecule has 2 heterocycles. The van der Waals surface area contributed by atoms with Crippen molar-refractivity contribution in [2.24, 2.45) is 11.8 Å². The highest BCUT2D eigenvalue weighted by Crippen LogP contribution is 2.50. The van der Waals surface area contributed by atoms with Crippen LogP contribution in [0.4, 0.5) is 0 Å². The van der Waals surface area contributed by atoms with Crippen molar-refractivity contribution in [3.63, 3.8) is 0 Å². The number of ether oxygens (including phenoxy) is 1. The van der Waals surface area contributed by atoms with Crippen LogP contribution in [0.3, 0.4) is 0 Å². The van der Waals surface area contributed by atoms with Gasteiger partial charge in [-0.3, -0.25) is 0 Å². The zero-order chi connectivity index (χ0) is 25.2. The maximum absolute atomic E-state index is 6.99. The Balaban J connectivity index is 1.52. The Bertz CT molecular complexity index is 1330. The van der Waals surface area contributed by atoms with Crippen LogP contribution < -0.4 is 0 Å². The first-order valence-electron chi connectivity index (χ1n) is 13.9. The molecule has 4 atom stereocenters. The van der Waals surface area contributed by atoms with Crippen LogP contribution in [0.15, 0.2) is 94.5 Å². The lowest BCUT2D eigenvalue weighted by Gasteiger charge is -2.30. The first-order valence-corrected chi connectivity index (χ1v) is 13.9. The number of rotatable bonds is 3. The molecule has 1 aromatic carbocycles. The van der Waals surface area contributed by atoms with Crippen molar-refractivity contribution in [1.82, 2.24) is 0 Å². The van der Waals surface area contributed by atoms with E-state index in [0.29, 0.717) is 11.8 Å². The number of allylic oxidation sites excluding steroid dienone is 8. The summed E-state index contributed by atoms with van der Waals surface area (Å²) in [5.74, 6) is 2.32. The fourth-order valence-corrected chi connectivity index (χ4v) is 7.18. The first-order chi connectivity index (χ1) is 17.3. The first kappa shape index (κ1) is 23.5. The smallest absolute Gasteiger partial charge is 0.205 e. The molecule has 0 aromatic heterocycles. The van der Waals surface area contributed by atoms with Gasteiger partial charge < -0.3 is 4.74 Å². The summed E-state index contributed by atoms with van der Waals surface area (Å²) in [4.78, 5) is 0. The Morgan fingerprint density at radius 2 is 1.86 bits per heavy atom. The van der Waals surface area contributed by atoms with Gasteiger partial charge in [0.15, 0.2) is 0 Å². The summed E-state index contributed by atoms with van der Waals surface area (Å²) >= 11 is 0. The van der Waals surface area contributed by atoms with Crippen LogP contribution in [0.2, 0.25) is 0 Å². The highest BCUT2D eigenvalue weighted by molar-refractivity contribution is 6.07. The molecular weight excluding hydrogens is 438 g/mol. The standard InChI is InChI=1S/C34H40NO/c1-7-22-13-12-16-23-24-20-19-21(2)29(33(24)36-32(22)23)31-30(26-15-9-11-18-28(26)35(31)6)25-14-8-10-17-27(25)34(3,4)5/h8,10-12,14,16-20,22,24,30,33H,7,9,13,15H2,1-6H3/q+1. The van der Waals surface area contributed by atoms with Gasteiger partial charge in [0.2, 0.25) is 11.4 Å². The number of likely N-dealkylation sites (N-methyl/N-ethyl adjacent to an activating group) is 1. The van der Waals surface area contributed by atoms with Crippen molar-refractivity contribution in [3.8, 4) is 0 Å². The summed E-state index contributed by atoms with van der Waals surface area (Å²) in [5.41, 5.74) is 11.5. The number of fused-ring (bicyclic) bond motifs is 2. The summed E-state index contributed by atoms with van der Waals surface area (Å²) in [6.45, 7) is 11.6. The molecule has 186 valence electrons. The minimum absolute atomic E-state index is 0.0591. The minimum Gasteiger partial charge on any atom is -0.488 e. The fraction of sp³-hybridized carbons (Fsp3) is 0.441. The van der Waals surface area contributed by atoms with E-state index in [0.717, 1.165) is 25.7 Å². The summed E-state index contributed by atoms with van der Waals surface area (Å²) in [5, 5.41) is 0. The molecule has 0 saturated heterocycles. The van der Waals surface area contributed by atoms with Crippen LogP contribution in [0.5, 0.6) is 0 Å². The monoisotopic (exact) mass is 478 g/mol. The van der Waals surface area contributed by atoms with Gasteiger partial charge in [-0.2, -0.15) is 4.58 Å². The molecular formula is C34H40NO+. The SMILES string of the molecule is CCC1CC=CC2=C1OC1C(C3=[N+](C)C4=C(CCC=C4)C3c3ccccc3C(C)(C)C)=C(C)C=CC21. The molecule has 2 nitrogen and oxygen atoms in total. The number of hydrogen-bond donors (Lipinski definition) is 0. The van der Waals surface area contributed by atoms with Crippen LogP contribution >= 0.6 is 0 Å². The molecule has 3 aliphatic carbocycles. The van der Waals surface area contributed by atoms with Crippen molar-refractivity contribution in [2.45, 2.75) is 77.7 Å². The molecule has 36 heavy (non-hydrogen) atoms. The Morgan fingerprint density at radius 3 is 2.64 bits per heavy atom. The highest BCUT2D eigenvalue weighted by atomic mass is 16.5. The third-order valence-electron chi connectivity index (χ3n) is 8.95. The molecule has 5 aliphatic rings. The van der Waals surface area contributed by atoms with E-state index in [1.807, 2.05) is 0 Å². The molecule has 0 radical (unpaired) electrons. The lowest BCUT2D eigenvalue weighted by atomic mass is 9.72. The third-order valence-corrected chi connectivity index (χ3v) is 8.95. The topological polar surface area (TPSA) is 12.2 Å². The maximum Gasteiger partial charge on any atom is 0.205 e. The van der Waals surface area contributed by atoms with E-state index < -0.39 is 0 Å². The fourth-order valence-electron chi connectivity index (χ4n) is 7.18. The summed E-state index contributed by atoms with van der Waals surface area (Å²) in [6, 6.07) is 9.16. The normalized spacial score (nSPS) is 29.2. The quantitative estimate of drug-likeness (QED) is 0.402. The van der Waals surface area contributed by atoms with E-state index in [1.165, 1.54) is 45.0 Å². The Kier molecular flexibility index (Phi) is 5.63. The maximum atomic E-state index is 6.99. The van der Waals surface area contributed by atoms with Crippen LogP contribution in [-0.4, -0.2) is 23.4 Å². The summed E-state index contributed by atoms with van der Waals surface area (Å²) < 4.78 is 9.48. The van der Waals surface area contributed by atoms with Gasteiger partial charge in [0.25, 0.3) is 0 Å². The molecule has 0 fully saturated rings. The number of nitrogens with zero attached hydrogens (tertiary/aromatic N) is 1. The van der Waals surface area contributed by atoms with E-state index in [-0.39, 0.29) is 17.4 Å². The third kappa shape index (κ3) is 3.48. The van der Waals surface area contributed by atoms with Gasteiger partial charge >= 0.3 is 0 Å². The molecule has 4 unspecified atom stereocenters. The Hall–Kier alpha value is -2.87. The second kappa shape index (κ2) is 8.61. The average Bonchev–Trinajstić information content (AvgIpc) is 3.39. The van der Waals surface area contributed by atoms with Crippen molar-refractivity contribution >= 4 is 5.71 Å². The largest absolute Gasteiger partial charge is 0.488 e. The predicted octanol–water partition coefficient (Wildman–Crippen LogP) is 7.91. The van der Waals surface area contributed by atoms with Gasteiger partial charge in [0.1, 0.15) is 18.9 Å². The van der Waals surface area contributed by atoms with Crippen molar-refractivity contribution in [3.05, 3.63) is 106 Å². The van der Waals surface area contributed by atoms with Gasteiger partial charge in [-0.05, 0) is 54.7 Å². The van der Waals surface area contributed by atoms with Gasteiger partial charge in [-0.15, -0.1) is 0 Å². The zero-order valence-electron chi connectivity index (χ0n) is 22.8. The molecule has 0 N–H and O–H groups in total. The number of hydrogen-bond acceptors (Lipinski definition) is 1. The molecule has 0 saturated carbocycles. The molecule has 0 spiro atoms. The van der Waals surface area contributed by atoms with Crippen LogP contribution in [-0.2, 0) is 10.2 Å². The van der Waals surface area contributed by atoms with E-state index in [4.69, 9.17) is 4.74 Å². The van der Waals surface area contributed by atoms with Gasteiger partial charge in [0, 0.05) is 29.1 Å². The average molecular weight is 479 g/mol.